The zero-order chi connectivity index (χ0) is 13.3. The van der Waals surface area contributed by atoms with Crippen LogP contribution in [-0.2, 0) is 0 Å². The van der Waals surface area contributed by atoms with E-state index in [-0.39, 0.29) is 0 Å². The van der Waals surface area contributed by atoms with Crippen molar-refractivity contribution in [2.45, 2.75) is 60.3 Å². The van der Waals surface area contributed by atoms with Crippen LogP contribution in [-0.4, -0.2) is 0 Å². The van der Waals surface area contributed by atoms with Gasteiger partial charge in [-0.15, -0.1) is 0 Å². The molecule has 0 aliphatic carbocycles. The van der Waals surface area contributed by atoms with Crippen molar-refractivity contribution >= 4 is 0 Å². The molecule has 0 fully saturated rings. The first-order valence-corrected chi connectivity index (χ1v) is 6.53. The highest BCUT2D eigenvalue weighted by Gasteiger charge is 1.91. The maximum absolute atomic E-state index is 3.90. The molecule has 0 heteroatoms. The van der Waals surface area contributed by atoms with Gasteiger partial charge >= 0.3 is 0 Å². The Kier molecular flexibility index (Phi) is 8.49. The summed E-state index contributed by atoms with van der Waals surface area (Å²) in [5.74, 6) is 0. The van der Waals surface area contributed by atoms with Crippen LogP contribution < -0.4 is 0 Å². The zero-order valence-electron chi connectivity index (χ0n) is 12.3. The van der Waals surface area contributed by atoms with E-state index in [4.69, 9.17) is 0 Å². The lowest BCUT2D eigenvalue weighted by atomic mass is 10.1. The third kappa shape index (κ3) is 11.2. The van der Waals surface area contributed by atoms with Crippen molar-refractivity contribution in [3.63, 3.8) is 0 Å². The molecule has 17 heavy (non-hydrogen) atoms. The fourth-order valence-corrected chi connectivity index (χ4v) is 1.73. The molecule has 0 amide bonds. The predicted molar refractivity (Wildman–Crippen MR) is 80.2 cm³/mol. The number of hydrogen-bond acceptors (Lipinski definition) is 0. The Morgan fingerprint density at radius 3 is 1.88 bits per heavy atom. The lowest BCUT2D eigenvalue weighted by Crippen LogP contribution is -1.81. The fraction of sp³-hybridized carbons (Fsp3) is 0.529. The van der Waals surface area contributed by atoms with Crippen molar-refractivity contribution in [2.24, 2.45) is 0 Å². The molecule has 0 aromatic heterocycles. The minimum Gasteiger partial charge on any atom is -0.0961 e. The highest BCUT2D eigenvalue weighted by Crippen LogP contribution is 2.12. The molecule has 0 radical (unpaired) electrons. The lowest BCUT2D eigenvalue weighted by Gasteiger charge is -2.01. The summed E-state index contributed by atoms with van der Waals surface area (Å²) in [6.45, 7) is 14.7. The van der Waals surface area contributed by atoms with E-state index in [1.54, 1.807) is 0 Å². The molecule has 0 aromatic rings. The van der Waals surface area contributed by atoms with Crippen LogP contribution in [0, 0.1) is 0 Å². The second-order valence-corrected chi connectivity index (χ2v) is 5.25. The Labute approximate surface area is 108 Å². The molecule has 0 spiro atoms. The molecule has 0 saturated heterocycles. The summed E-state index contributed by atoms with van der Waals surface area (Å²) in [7, 11) is 0. The lowest BCUT2D eigenvalue weighted by molar-refractivity contribution is 0.917. The van der Waals surface area contributed by atoms with Gasteiger partial charge in [0.25, 0.3) is 0 Å². The van der Waals surface area contributed by atoms with Crippen LogP contribution in [0.3, 0.4) is 0 Å². The predicted octanol–water partition coefficient (Wildman–Crippen LogP) is 5.98. The van der Waals surface area contributed by atoms with Crippen LogP contribution in [0.25, 0.3) is 0 Å². The first kappa shape index (κ1) is 16.0. The van der Waals surface area contributed by atoms with Crippen LogP contribution in [0.4, 0.5) is 0 Å². The van der Waals surface area contributed by atoms with Crippen molar-refractivity contribution in [1.29, 1.82) is 0 Å². The molecule has 0 atom stereocenters. The molecule has 0 saturated carbocycles. The van der Waals surface area contributed by atoms with Crippen LogP contribution >= 0.6 is 0 Å². The summed E-state index contributed by atoms with van der Waals surface area (Å²) in [6, 6.07) is 0. The fourth-order valence-electron chi connectivity index (χ4n) is 1.73. The summed E-state index contributed by atoms with van der Waals surface area (Å²) >= 11 is 0. The van der Waals surface area contributed by atoms with E-state index in [9.17, 15) is 0 Å². The minimum atomic E-state index is 1.15. The Bertz CT molecular complexity index is 320. The van der Waals surface area contributed by atoms with Gasteiger partial charge in [0, 0.05) is 0 Å². The molecular formula is C17H28. The van der Waals surface area contributed by atoms with Crippen LogP contribution in [0.5, 0.6) is 0 Å². The maximum atomic E-state index is 3.90. The third-order valence-electron chi connectivity index (χ3n) is 2.62. The van der Waals surface area contributed by atoms with E-state index in [1.165, 1.54) is 29.6 Å². The Morgan fingerprint density at radius 1 is 0.824 bits per heavy atom. The van der Waals surface area contributed by atoms with Gasteiger partial charge in [-0.1, -0.05) is 47.1 Å². The van der Waals surface area contributed by atoms with Gasteiger partial charge in [-0.2, -0.15) is 0 Å². The Hall–Kier alpha value is -1.04. The number of allylic oxidation sites excluding steroid dienone is 7. The average molecular weight is 232 g/mol. The molecule has 0 aliphatic rings. The van der Waals surface area contributed by atoms with Gasteiger partial charge in [-0.05, 0) is 60.3 Å². The molecule has 0 heterocycles. The maximum Gasteiger partial charge on any atom is -0.0285 e. The Balaban J connectivity index is 3.92. The van der Waals surface area contributed by atoms with Crippen LogP contribution in [0.2, 0.25) is 0 Å². The SMILES string of the molecule is C=C(C)/C=C(\C)CC/C=C(\C)CCC=C(C)C. The van der Waals surface area contributed by atoms with Crippen LogP contribution in [0.1, 0.15) is 60.3 Å². The minimum absolute atomic E-state index is 1.15. The molecule has 0 bridgehead atoms. The topological polar surface area (TPSA) is 0 Å². The summed E-state index contributed by atoms with van der Waals surface area (Å²) in [5.41, 5.74) is 5.49. The second-order valence-electron chi connectivity index (χ2n) is 5.25. The quantitative estimate of drug-likeness (QED) is 0.374. The molecular weight excluding hydrogens is 204 g/mol. The van der Waals surface area contributed by atoms with Crippen molar-refractivity contribution in [2.75, 3.05) is 0 Å². The summed E-state index contributed by atoms with van der Waals surface area (Å²) in [4.78, 5) is 0. The first-order chi connectivity index (χ1) is 7.91. The number of rotatable bonds is 7. The normalized spacial score (nSPS) is 12.5. The molecule has 0 nitrogen and oxygen atoms in total. The van der Waals surface area contributed by atoms with Gasteiger partial charge in [-0.3, -0.25) is 0 Å². The summed E-state index contributed by atoms with van der Waals surface area (Å²) in [6.07, 6.45) is 11.5. The monoisotopic (exact) mass is 232 g/mol. The van der Waals surface area contributed by atoms with Crippen molar-refractivity contribution in [3.8, 4) is 0 Å². The Morgan fingerprint density at radius 2 is 1.35 bits per heavy atom. The summed E-state index contributed by atoms with van der Waals surface area (Å²) < 4.78 is 0. The molecule has 96 valence electrons. The molecule has 0 aliphatic heterocycles. The highest BCUT2D eigenvalue weighted by atomic mass is 14.0. The first-order valence-electron chi connectivity index (χ1n) is 6.53. The zero-order valence-corrected chi connectivity index (χ0v) is 12.3. The van der Waals surface area contributed by atoms with E-state index in [0.717, 1.165) is 18.4 Å². The van der Waals surface area contributed by atoms with E-state index in [2.05, 4.69) is 52.5 Å². The molecule has 0 unspecified atom stereocenters. The average Bonchev–Trinajstić information content (AvgIpc) is 2.15. The van der Waals surface area contributed by atoms with Gasteiger partial charge in [0.1, 0.15) is 0 Å². The highest BCUT2D eigenvalue weighted by molar-refractivity contribution is 5.17. The van der Waals surface area contributed by atoms with Gasteiger partial charge in [0.2, 0.25) is 0 Å². The molecule has 0 aromatic carbocycles. The van der Waals surface area contributed by atoms with Gasteiger partial charge in [0.15, 0.2) is 0 Å². The van der Waals surface area contributed by atoms with E-state index < -0.39 is 0 Å². The van der Waals surface area contributed by atoms with Gasteiger partial charge in [-0.25, -0.2) is 0 Å². The number of hydrogen-bond donors (Lipinski definition) is 0. The smallest absolute Gasteiger partial charge is 0.0285 e. The standard InChI is InChI=1S/C17H28/c1-14(2)9-7-10-16(5)11-8-12-17(6)13-15(3)4/h9,11,13H,3,7-8,10,12H2,1-2,4-6H3/b16-11+,17-13+. The van der Waals surface area contributed by atoms with Crippen molar-refractivity contribution < 1.29 is 0 Å². The largest absolute Gasteiger partial charge is 0.0961 e. The van der Waals surface area contributed by atoms with E-state index >= 15 is 0 Å². The van der Waals surface area contributed by atoms with Crippen molar-refractivity contribution in [3.05, 3.63) is 47.1 Å². The molecule has 0 rings (SSSR count). The third-order valence-corrected chi connectivity index (χ3v) is 2.62. The molecule has 0 N–H and O–H groups in total. The van der Waals surface area contributed by atoms with E-state index in [1.807, 2.05) is 6.92 Å². The summed E-state index contributed by atoms with van der Waals surface area (Å²) in [5, 5.41) is 0. The van der Waals surface area contributed by atoms with Crippen molar-refractivity contribution in [1.82, 2.24) is 0 Å². The van der Waals surface area contributed by atoms with Gasteiger partial charge < -0.3 is 0 Å². The second kappa shape index (κ2) is 9.04. The van der Waals surface area contributed by atoms with Crippen LogP contribution in [0.15, 0.2) is 47.1 Å². The van der Waals surface area contributed by atoms with E-state index in [0.29, 0.717) is 0 Å². The van der Waals surface area contributed by atoms with Gasteiger partial charge in [0.05, 0.1) is 0 Å².